The maximum Gasteiger partial charge on any atom is 0.339 e. The van der Waals surface area contributed by atoms with Gasteiger partial charge in [0.1, 0.15) is 11.4 Å². The minimum Gasteiger partial charge on any atom is -0.478 e. The van der Waals surface area contributed by atoms with Crippen molar-refractivity contribution in [3.05, 3.63) is 22.9 Å². The number of hydrogen-bond acceptors (Lipinski definition) is 4. The van der Waals surface area contributed by atoms with Crippen molar-refractivity contribution in [3.8, 4) is 0 Å². The normalized spacial score (nSPS) is 14.0. The first-order valence-electron chi connectivity index (χ1n) is 7.60. The molecule has 0 fully saturated rings. The van der Waals surface area contributed by atoms with Crippen LogP contribution in [0.25, 0.3) is 0 Å². The van der Waals surface area contributed by atoms with Gasteiger partial charge in [0.05, 0.1) is 0 Å². The van der Waals surface area contributed by atoms with E-state index >= 15 is 0 Å². The molecule has 1 aliphatic rings. The minimum atomic E-state index is -0.901. The first kappa shape index (κ1) is 16.1. The van der Waals surface area contributed by atoms with Gasteiger partial charge >= 0.3 is 5.97 Å². The predicted octanol–water partition coefficient (Wildman–Crippen LogP) is 3.60. The van der Waals surface area contributed by atoms with Crippen LogP contribution in [0.4, 0.5) is 5.82 Å². The Kier molecular flexibility index (Phi) is 5.14. The minimum absolute atomic E-state index is 0.135. The Morgan fingerprint density at radius 3 is 2.71 bits per heavy atom. The molecule has 1 aromatic heterocycles. The molecule has 0 saturated carbocycles. The Bertz CT molecular complexity index is 519. The number of carboxylic acids is 1. The van der Waals surface area contributed by atoms with Gasteiger partial charge in [-0.1, -0.05) is 13.8 Å². The number of anilines is 1. The maximum absolute atomic E-state index is 11.5. The molecule has 2 rings (SSSR count). The molecule has 0 radical (unpaired) electrons. The molecule has 1 aromatic rings. The van der Waals surface area contributed by atoms with E-state index in [4.69, 9.17) is 0 Å². The number of carboxylic acid groups (broad SMARTS) is 1. The van der Waals surface area contributed by atoms with E-state index in [0.29, 0.717) is 11.4 Å². The van der Waals surface area contributed by atoms with Gasteiger partial charge in [-0.2, -0.15) is 11.8 Å². The first-order chi connectivity index (χ1) is 10.0. The monoisotopic (exact) mass is 308 g/mol. The van der Waals surface area contributed by atoms with E-state index in [0.717, 1.165) is 49.9 Å². The second kappa shape index (κ2) is 6.69. The second-order valence-electron chi connectivity index (χ2n) is 5.60. The summed E-state index contributed by atoms with van der Waals surface area (Å²) in [5, 5.41) is 12.7. The maximum atomic E-state index is 11.5. The Hall–Kier alpha value is -1.23. The predicted molar refractivity (Wildman–Crippen MR) is 88.5 cm³/mol. The standard InChI is InChI=1S/C16H24N2O2S/c1-4-16(5-2,21-3)10-17-14-12(15(19)20)9-11-7-6-8-13(11)18-14/h9H,4-8,10H2,1-3H3,(H,17,18)(H,19,20). The summed E-state index contributed by atoms with van der Waals surface area (Å²) >= 11 is 1.84. The van der Waals surface area contributed by atoms with Crippen LogP contribution in [-0.2, 0) is 12.8 Å². The van der Waals surface area contributed by atoms with E-state index in [1.54, 1.807) is 6.07 Å². The van der Waals surface area contributed by atoms with Gasteiger partial charge < -0.3 is 10.4 Å². The number of nitrogens with zero attached hydrogens (tertiary/aromatic N) is 1. The van der Waals surface area contributed by atoms with Crippen molar-refractivity contribution < 1.29 is 9.90 Å². The summed E-state index contributed by atoms with van der Waals surface area (Å²) in [6.07, 6.45) is 7.18. The highest BCUT2D eigenvalue weighted by molar-refractivity contribution is 8.00. The van der Waals surface area contributed by atoms with Crippen LogP contribution < -0.4 is 5.32 Å². The van der Waals surface area contributed by atoms with Gasteiger partial charge in [-0.05, 0) is 50.0 Å². The zero-order valence-electron chi connectivity index (χ0n) is 13.0. The lowest BCUT2D eigenvalue weighted by Gasteiger charge is -2.30. The molecule has 0 bridgehead atoms. The number of carbonyl (C=O) groups is 1. The number of fused-ring (bicyclic) bond motifs is 1. The molecule has 1 aliphatic carbocycles. The molecule has 0 aromatic carbocycles. The molecule has 1 heterocycles. The summed E-state index contributed by atoms with van der Waals surface area (Å²) in [5.74, 6) is -0.370. The first-order valence-corrected chi connectivity index (χ1v) is 8.82. The topological polar surface area (TPSA) is 62.2 Å². The van der Waals surface area contributed by atoms with E-state index in [9.17, 15) is 9.90 Å². The number of aromatic carboxylic acids is 1. The van der Waals surface area contributed by atoms with Crippen LogP contribution >= 0.6 is 11.8 Å². The van der Waals surface area contributed by atoms with E-state index in [1.807, 2.05) is 11.8 Å². The zero-order chi connectivity index (χ0) is 15.5. The number of pyridine rings is 1. The molecule has 0 spiro atoms. The fourth-order valence-electron chi connectivity index (χ4n) is 2.88. The smallest absolute Gasteiger partial charge is 0.339 e. The van der Waals surface area contributed by atoms with Crippen molar-refractivity contribution >= 4 is 23.5 Å². The molecule has 21 heavy (non-hydrogen) atoms. The molecule has 4 nitrogen and oxygen atoms in total. The van der Waals surface area contributed by atoms with Gasteiger partial charge in [-0.15, -0.1) is 0 Å². The molecule has 0 atom stereocenters. The highest BCUT2D eigenvalue weighted by Crippen LogP contribution is 2.32. The average Bonchev–Trinajstić information content (AvgIpc) is 2.95. The lowest BCUT2D eigenvalue weighted by Crippen LogP contribution is -2.32. The zero-order valence-corrected chi connectivity index (χ0v) is 13.8. The number of hydrogen-bond donors (Lipinski definition) is 2. The Morgan fingerprint density at radius 2 is 2.14 bits per heavy atom. The number of thioether (sulfide) groups is 1. The van der Waals surface area contributed by atoms with Gasteiger partial charge in [0.15, 0.2) is 0 Å². The highest BCUT2D eigenvalue weighted by Gasteiger charge is 2.26. The van der Waals surface area contributed by atoms with Crippen LogP contribution in [-0.4, -0.2) is 33.6 Å². The molecule has 0 amide bonds. The Morgan fingerprint density at radius 1 is 1.43 bits per heavy atom. The third-order valence-corrected chi connectivity index (χ3v) is 6.17. The largest absolute Gasteiger partial charge is 0.478 e. The fourth-order valence-corrected chi connectivity index (χ4v) is 3.67. The van der Waals surface area contributed by atoms with Gasteiger partial charge in [-0.25, -0.2) is 9.78 Å². The number of aromatic nitrogens is 1. The van der Waals surface area contributed by atoms with Crippen molar-refractivity contribution in [1.82, 2.24) is 4.98 Å². The third-order valence-electron chi connectivity index (χ3n) is 4.58. The Balaban J connectivity index is 2.25. The fraction of sp³-hybridized carbons (Fsp3) is 0.625. The molecule has 2 N–H and O–H groups in total. The van der Waals surface area contributed by atoms with Crippen LogP contribution in [0.3, 0.4) is 0 Å². The molecular formula is C16H24N2O2S. The van der Waals surface area contributed by atoms with Gasteiger partial charge in [0, 0.05) is 17.0 Å². The van der Waals surface area contributed by atoms with E-state index in [-0.39, 0.29) is 4.75 Å². The molecule has 0 aliphatic heterocycles. The second-order valence-corrected chi connectivity index (χ2v) is 6.87. The van der Waals surface area contributed by atoms with Crippen molar-refractivity contribution in [2.45, 2.75) is 50.7 Å². The molecule has 5 heteroatoms. The molecule has 116 valence electrons. The van der Waals surface area contributed by atoms with Gasteiger partial charge in [-0.3, -0.25) is 0 Å². The number of rotatable bonds is 7. The molecule has 0 unspecified atom stereocenters. The number of nitrogens with one attached hydrogen (secondary N) is 1. The van der Waals surface area contributed by atoms with Crippen molar-refractivity contribution in [1.29, 1.82) is 0 Å². The summed E-state index contributed by atoms with van der Waals surface area (Å²) < 4.78 is 0.135. The summed E-state index contributed by atoms with van der Waals surface area (Å²) in [4.78, 5) is 16.0. The quantitative estimate of drug-likeness (QED) is 0.806. The SMILES string of the molecule is CCC(CC)(CNc1nc2c(cc1C(=O)O)CCC2)SC. The van der Waals surface area contributed by atoms with Gasteiger partial charge in [0.25, 0.3) is 0 Å². The van der Waals surface area contributed by atoms with Gasteiger partial charge in [0.2, 0.25) is 0 Å². The molecule has 0 saturated heterocycles. The van der Waals surface area contributed by atoms with E-state index in [2.05, 4.69) is 30.4 Å². The molecular weight excluding hydrogens is 284 g/mol. The summed E-state index contributed by atoms with van der Waals surface area (Å²) in [7, 11) is 0. The van der Waals surface area contributed by atoms with Crippen molar-refractivity contribution in [3.63, 3.8) is 0 Å². The third kappa shape index (κ3) is 3.34. The van der Waals surface area contributed by atoms with Crippen LogP contribution in [0.5, 0.6) is 0 Å². The average molecular weight is 308 g/mol. The van der Waals surface area contributed by atoms with Crippen LogP contribution in [0.15, 0.2) is 6.07 Å². The summed E-state index contributed by atoms with van der Waals surface area (Å²) in [6.45, 7) is 5.10. The summed E-state index contributed by atoms with van der Waals surface area (Å²) in [5.41, 5.74) is 2.46. The van der Waals surface area contributed by atoms with Crippen LogP contribution in [0.1, 0.15) is 54.7 Å². The summed E-state index contributed by atoms with van der Waals surface area (Å²) in [6, 6.07) is 1.80. The van der Waals surface area contributed by atoms with Crippen molar-refractivity contribution in [2.75, 3.05) is 18.1 Å². The number of aryl methyl sites for hydroxylation is 2. The van der Waals surface area contributed by atoms with Crippen molar-refractivity contribution in [2.24, 2.45) is 0 Å². The van der Waals surface area contributed by atoms with Crippen LogP contribution in [0, 0.1) is 0 Å². The highest BCUT2D eigenvalue weighted by atomic mass is 32.2. The van der Waals surface area contributed by atoms with E-state index < -0.39 is 5.97 Å². The lowest BCUT2D eigenvalue weighted by atomic mass is 10.0. The Labute approximate surface area is 130 Å². The van der Waals surface area contributed by atoms with E-state index in [1.165, 1.54) is 0 Å². The van der Waals surface area contributed by atoms with Crippen LogP contribution in [0.2, 0.25) is 0 Å². The lowest BCUT2D eigenvalue weighted by molar-refractivity contribution is 0.0697.